The molecule has 0 unspecified atom stereocenters. The molecule has 2 rings (SSSR count). The Bertz CT molecular complexity index is 611. The first-order valence-corrected chi connectivity index (χ1v) is 8.14. The Labute approximate surface area is 162 Å². The van der Waals surface area contributed by atoms with Gasteiger partial charge in [-0.1, -0.05) is 36.4 Å². The number of aliphatic imine (C=N–C) groups is 1. The lowest BCUT2D eigenvalue weighted by Gasteiger charge is -2.22. The van der Waals surface area contributed by atoms with Crippen molar-refractivity contribution in [1.82, 2.24) is 15.2 Å². The molecule has 0 atom stereocenters. The predicted octanol–water partition coefficient (Wildman–Crippen LogP) is 3.65. The van der Waals surface area contributed by atoms with E-state index in [4.69, 9.17) is 4.99 Å². The van der Waals surface area contributed by atoms with Crippen LogP contribution in [0.4, 0.5) is 0 Å². The first kappa shape index (κ1) is 20.4. The molecular weight excluding hydrogens is 411 g/mol. The van der Waals surface area contributed by atoms with Crippen LogP contribution in [0.15, 0.2) is 53.7 Å². The van der Waals surface area contributed by atoms with Gasteiger partial charge in [-0.25, -0.2) is 0 Å². The summed E-state index contributed by atoms with van der Waals surface area (Å²) in [7, 11) is 2.07. The fraction of sp³-hybridized carbons (Fsp3) is 0.368. The van der Waals surface area contributed by atoms with E-state index in [0.29, 0.717) is 0 Å². The van der Waals surface area contributed by atoms with Gasteiger partial charge in [-0.2, -0.15) is 0 Å². The number of guanidine groups is 1. The molecule has 0 saturated heterocycles. The van der Waals surface area contributed by atoms with Crippen molar-refractivity contribution in [1.29, 1.82) is 0 Å². The third kappa shape index (κ3) is 6.86. The van der Waals surface area contributed by atoms with Crippen LogP contribution in [0.25, 0.3) is 0 Å². The quantitative estimate of drug-likeness (QED) is 0.425. The van der Waals surface area contributed by atoms with Crippen molar-refractivity contribution in [3.8, 4) is 0 Å². The number of rotatable bonds is 6. The maximum Gasteiger partial charge on any atom is 0.193 e. The largest absolute Gasteiger partial charge is 0.357 e. The first-order valence-electron chi connectivity index (χ1n) is 8.14. The maximum absolute atomic E-state index is 4.73. The summed E-state index contributed by atoms with van der Waals surface area (Å²) in [5, 5.41) is 3.36. The maximum atomic E-state index is 4.73. The smallest absolute Gasteiger partial charge is 0.193 e. The molecule has 0 radical (unpaired) electrons. The van der Waals surface area contributed by atoms with Crippen LogP contribution in [-0.4, -0.2) is 36.0 Å². The van der Waals surface area contributed by atoms with E-state index in [1.165, 1.54) is 11.1 Å². The average Bonchev–Trinajstić information content (AvgIpc) is 2.56. The van der Waals surface area contributed by atoms with Gasteiger partial charge in [-0.05, 0) is 37.5 Å². The monoisotopic (exact) mass is 438 g/mol. The second-order valence-corrected chi connectivity index (χ2v) is 5.64. The van der Waals surface area contributed by atoms with Gasteiger partial charge in [-0.3, -0.25) is 9.98 Å². The van der Waals surface area contributed by atoms with Crippen LogP contribution in [0.5, 0.6) is 0 Å². The van der Waals surface area contributed by atoms with Crippen molar-refractivity contribution >= 4 is 29.9 Å². The van der Waals surface area contributed by atoms with Crippen LogP contribution in [0, 0.1) is 6.92 Å². The highest BCUT2D eigenvalue weighted by atomic mass is 127. The number of nitrogens with zero attached hydrogens (tertiary/aromatic N) is 3. The minimum atomic E-state index is 0. The molecule has 0 bridgehead atoms. The van der Waals surface area contributed by atoms with E-state index in [1.54, 1.807) is 0 Å². The number of hydrogen-bond acceptors (Lipinski definition) is 2. The molecule has 0 spiro atoms. The van der Waals surface area contributed by atoms with Gasteiger partial charge in [0.2, 0.25) is 0 Å². The Morgan fingerprint density at radius 1 is 1.12 bits per heavy atom. The molecule has 1 aromatic carbocycles. The Hall–Kier alpha value is -1.63. The molecule has 2 aromatic rings. The Balaban J connectivity index is 0.00000288. The fourth-order valence-electron chi connectivity index (χ4n) is 2.34. The van der Waals surface area contributed by atoms with Crippen LogP contribution in [0.1, 0.15) is 23.7 Å². The normalized spacial score (nSPS) is 10.9. The topological polar surface area (TPSA) is 40.5 Å². The van der Waals surface area contributed by atoms with Crippen molar-refractivity contribution in [2.45, 2.75) is 26.8 Å². The van der Waals surface area contributed by atoms with Crippen molar-refractivity contribution in [3.05, 3.63) is 65.5 Å². The summed E-state index contributed by atoms with van der Waals surface area (Å²) in [6, 6.07) is 14.6. The van der Waals surface area contributed by atoms with E-state index in [0.717, 1.165) is 37.7 Å². The number of hydrogen-bond donors (Lipinski definition) is 1. The fourth-order valence-corrected chi connectivity index (χ4v) is 2.34. The van der Waals surface area contributed by atoms with E-state index in [2.05, 4.69) is 59.5 Å². The van der Waals surface area contributed by atoms with Gasteiger partial charge in [0.25, 0.3) is 0 Å². The number of pyridine rings is 1. The average molecular weight is 438 g/mol. The molecule has 130 valence electrons. The van der Waals surface area contributed by atoms with Crippen molar-refractivity contribution < 1.29 is 0 Å². The zero-order chi connectivity index (χ0) is 16.5. The molecule has 0 fully saturated rings. The summed E-state index contributed by atoms with van der Waals surface area (Å²) in [6.07, 6.45) is 2.84. The van der Waals surface area contributed by atoms with E-state index in [1.807, 2.05) is 25.3 Å². The number of nitrogens with one attached hydrogen (secondary N) is 1. The number of aromatic nitrogens is 1. The molecule has 1 heterocycles. The summed E-state index contributed by atoms with van der Waals surface area (Å²) >= 11 is 0. The van der Waals surface area contributed by atoms with Crippen molar-refractivity contribution in [3.63, 3.8) is 0 Å². The van der Waals surface area contributed by atoms with Gasteiger partial charge in [0, 0.05) is 38.6 Å². The minimum absolute atomic E-state index is 0. The molecule has 24 heavy (non-hydrogen) atoms. The molecule has 0 aliphatic carbocycles. The Kier molecular flexibility index (Phi) is 9.37. The van der Waals surface area contributed by atoms with Gasteiger partial charge in [0.05, 0.1) is 0 Å². The number of benzene rings is 1. The minimum Gasteiger partial charge on any atom is -0.357 e. The molecule has 1 N–H and O–H groups in total. The second-order valence-electron chi connectivity index (χ2n) is 5.64. The van der Waals surface area contributed by atoms with Gasteiger partial charge >= 0.3 is 0 Å². The summed E-state index contributed by atoms with van der Waals surface area (Å²) in [6.45, 7) is 6.56. The van der Waals surface area contributed by atoms with E-state index < -0.39 is 0 Å². The highest BCUT2D eigenvalue weighted by molar-refractivity contribution is 14.0. The zero-order valence-corrected chi connectivity index (χ0v) is 17.0. The van der Waals surface area contributed by atoms with Crippen LogP contribution < -0.4 is 5.32 Å². The predicted molar refractivity (Wildman–Crippen MR) is 112 cm³/mol. The van der Waals surface area contributed by atoms with Gasteiger partial charge < -0.3 is 10.2 Å². The number of halogens is 1. The lowest BCUT2D eigenvalue weighted by atomic mass is 10.2. The summed E-state index contributed by atoms with van der Waals surface area (Å²) < 4.78 is 0. The summed E-state index contributed by atoms with van der Waals surface area (Å²) in [4.78, 5) is 11.2. The zero-order valence-electron chi connectivity index (χ0n) is 14.7. The van der Waals surface area contributed by atoms with Crippen LogP contribution in [0.2, 0.25) is 0 Å². The van der Waals surface area contributed by atoms with Gasteiger partial charge in [-0.15, -0.1) is 24.0 Å². The van der Waals surface area contributed by atoms with Gasteiger partial charge in [0.1, 0.15) is 0 Å². The molecule has 0 aliphatic rings. The molecule has 0 saturated carbocycles. The number of aryl methyl sites for hydroxylation is 1. The molecule has 0 amide bonds. The van der Waals surface area contributed by atoms with E-state index in [-0.39, 0.29) is 24.0 Å². The van der Waals surface area contributed by atoms with E-state index in [9.17, 15) is 0 Å². The molecule has 1 aromatic heterocycles. The van der Waals surface area contributed by atoms with E-state index >= 15 is 0 Å². The lowest BCUT2D eigenvalue weighted by molar-refractivity contribution is 0.477. The Morgan fingerprint density at radius 2 is 1.88 bits per heavy atom. The second kappa shape index (κ2) is 11.0. The Morgan fingerprint density at radius 3 is 2.50 bits per heavy atom. The SMILES string of the molecule is CCNC(=NCCc1ccc(C)nc1)N(C)Cc1ccccc1.I. The third-order valence-corrected chi connectivity index (χ3v) is 3.59. The highest BCUT2D eigenvalue weighted by Gasteiger charge is 2.06. The standard InChI is InChI=1S/C19H26N4.HI/c1-4-20-19(23(3)15-18-8-6-5-7-9-18)21-13-12-17-11-10-16(2)22-14-17;/h5-11,14H,4,12-13,15H2,1-3H3,(H,20,21);1H. The molecule has 5 heteroatoms. The van der Waals surface area contributed by atoms with Crippen LogP contribution in [0.3, 0.4) is 0 Å². The third-order valence-electron chi connectivity index (χ3n) is 3.59. The van der Waals surface area contributed by atoms with Crippen LogP contribution >= 0.6 is 24.0 Å². The highest BCUT2D eigenvalue weighted by Crippen LogP contribution is 2.04. The van der Waals surface area contributed by atoms with Crippen LogP contribution in [-0.2, 0) is 13.0 Å². The summed E-state index contributed by atoms with van der Waals surface area (Å²) in [5.74, 6) is 0.941. The molecule has 4 nitrogen and oxygen atoms in total. The summed E-state index contributed by atoms with van der Waals surface area (Å²) in [5.41, 5.74) is 3.55. The lowest BCUT2D eigenvalue weighted by Crippen LogP contribution is -2.38. The van der Waals surface area contributed by atoms with Gasteiger partial charge in [0.15, 0.2) is 5.96 Å². The molecule has 0 aliphatic heterocycles. The van der Waals surface area contributed by atoms with Crippen molar-refractivity contribution in [2.75, 3.05) is 20.1 Å². The first-order chi connectivity index (χ1) is 11.2. The van der Waals surface area contributed by atoms with Crippen molar-refractivity contribution in [2.24, 2.45) is 4.99 Å². The molecular formula is C19H27IN4.